The van der Waals surface area contributed by atoms with Gasteiger partial charge in [-0.15, -0.1) is 0 Å². The van der Waals surface area contributed by atoms with E-state index in [0.717, 1.165) is 19.3 Å². The van der Waals surface area contributed by atoms with Crippen LogP contribution in [-0.4, -0.2) is 5.78 Å². The quantitative estimate of drug-likeness (QED) is 0.781. The van der Waals surface area contributed by atoms with E-state index in [-0.39, 0.29) is 19.4 Å². The van der Waals surface area contributed by atoms with Gasteiger partial charge in [0.1, 0.15) is 5.78 Å². The molecule has 2 heteroatoms. The van der Waals surface area contributed by atoms with Crippen molar-refractivity contribution in [3.05, 3.63) is 60.2 Å². The highest BCUT2D eigenvalue weighted by atomic mass is 32.1. The van der Waals surface area contributed by atoms with E-state index in [0.29, 0.717) is 5.78 Å². The number of carbonyl (C=O) groups is 1. The van der Waals surface area contributed by atoms with Crippen molar-refractivity contribution in [3.8, 4) is 11.1 Å². The summed E-state index contributed by atoms with van der Waals surface area (Å²) in [5.41, 5.74) is 3.62. The summed E-state index contributed by atoms with van der Waals surface area (Å²) >= 11 is 0. The fourth-order valence-corrected chi connectivity index (χ4v) is 2.99. The summed E-state index contributed by atoms with van der Waals surface area (Å²) < 4.78 is 0. The van der Waals surface area contributed by atoms with Crippen molar-refractivity contribution in [1.29, 1.82) is 0 Å². The van der Waals surface area contributed by atoms with Gasteiger partial charge in [-0.05, 0) is 29.5 Å². The average molecular weight is 284 g/mol. The van der Waals surface area contributed by atoms with Gasteiger partial charge in [-0.2, -0.15) is 13.5 Å². The first-order chi connectivity index (χ1) is 9.36. The first kappa shape index (κ1) is 14.9. The maximum atomic E-state index is 12.2. The third-order valence-corrected chi connectivity index (χ3v) is 3.98. The summed E-state index contributed by atoms with van der Waals surface area (Å²) in [6.07, 6.45) is 3.97. The molecule has 1 fully saturated rings. The standard InChI is InChI=1S/C18H18O.H2S/c19-18-13-7-6-12-17(18)16-11-5-4-10-15(16)14-8-2-1-3-9-14;/h1-5,8-11,17H,6-7,12-13H2;1H2. The summed E-state index contributed by atoms with van der Waals surface area (Å²) in [5, 5.41) is 0. The summed E-state index contributed by atoms with van der Waals surface area (Å²) in [7, 11) is 0. The van der Waals surface area contributed by atoms with Gasteiger partial charge < -0.3 is 0 Å². The molecule has 1 unspecified atom stereocenters. The van der Waals surface area contributed by atoms with Gasteiger partial charge >= 0.3 is 0 Å². The molecule has 0 heterocycles. The minimum Gasteiger partial charge on any atom is -0.299 e. The van der Waals surface area contributed by atoms with Crippen LogP contribution in [0.3, 0.4) is 0 Å². The van der Waals surface area contributed by atoms with Crippen LogP contribution in [-0.2, 0) is 4.79 Å². The van der Waals surface area contributed by atoms with Crippen LogP contribution >= 0.6 is 13.5 Å². The zero-order valence-corrected chi connectivity index (χ0v) is 12.5. The lowest BCUT2D eigenvalue weighted by molar-refractivity contribution is -0.121. The number of carbonyl (C=O) groups excluding carboxylic acids is 1. The minimum atomic E-state index is 0. The first-order valence-corrected chi connectivity index (χ1v) is 7.03. The van der Waals surface area contributed by atoms with Gasteiger partial charge in [0.2, 0.25) is 0 Å². The summed E-state index contributed by atoms with van der Waals surface area (Å²) in [4.78, 5) is 12.2. The Hall–Kier alpha value is -1.54. The second-order valence-electron chi connectivity index (χ2n) is 5.22. The molecule has 1 saturated carbocycles. The Bertz CT molecular complexity index is 577. The normalized spacial score (nSPS) is 18.4. The molecule has 0 bridgehead atoms. The number of ketones is 1. The van der Waals surface area contributed by atoms with Crippen LogP contribution in [0.25, 0.3) is 11.1 Å². The van der Waals surface area contributed by atoms with Crippen LogP contribution < -0.4 is 0 Å². The molecule has 2 aromatic rings. The Morgan fingerprint density at radius 1 is 0.850 bits per heavy atom. The molecule has 1 aliphatic rings. The van der Waals surface area contributed by atoms with E-state index in [2.05, 4.69) is 42.5 Å². The average Bonchev–Trinajstić information content (AvgIpc) is 2.49. The fourth-order valence-electron chi connectivity index (χ4n) is 2.99. The van der Waals surface area contributed by atoms with Gasteiger partial charge in [-0.25, -0.2) is 0 Å². The topological polar surface area (TPSA) is 17.1 Å². The molecule has 3 rings (SSSR count). The number of hydrogen-bond donors (Lipinski definition) is 0. The molecule has 1 aliphatic carbocycles. The highest BCUT2D eigenvalue weighted by molar-refractivity contribution is 7.59. The van der Waals surface area contributed by atoms with Crippen LogP contribution in [0.5, 0.6) is 0 Å². The molecular weight excluding hydrogens is 264 g/mol. The highest BCUT2D eigenvalue weighted by Gasteiger charge is 2.25. The van der Waals surface area contributed by atoms with Gasteiger partial charge in [0.25, 0.3) is 0 Å². The maximum absolute atomic E-state index is 12.2. The van der Waals surface area contributed by atoms with Crippen LogP contribution in [0.4, 0.5) is 0 Å². The third kappa shape index (κ3) is 2.96. The lowest BCUT2D eigenvalue weighted by atomic mass is 9.80. The third-order valence-electron chi connectivity index (χ3n) is 3.98. The molecule has 0 spiro atoms. The molecule has 0 aliphatic heterocycles. The number of benzene rings is 2. The predicted molar refractivity (Wildman–Crippen MR) is 88.5 cm³/mol. The smallest absolute Gasteiger partial charge is 0.140 e. The molecule has 0 saturated heterocycles. The monoisotopic (exact) mass is 284 g/mol. The van der Waals surface area contributed by atoms with E-state index in [1.807, 2.05) is 12.1 Å². The number of Topliss-reactive ketones (excluding diaryl/α,β-unsaturated/α-hetero) is 1. The maximum Gasteiger partial charge on any atom is 0.140 e. The number of hydrogen-bond acceptors (Lipinski definition) is 1. The Morgan fingerprint density at radius 2 is 1.55 bits per heavy atom. The molecule has 0 aromatic heterocycles. The molecule has 104 valence electrons. The zero-order chi connectivity index (χ0) is 13.1. The van der Waals surface area contributed by atoms with Crippen molar-refractivity contribution in [2.24, 2.45) is 0 Å². The highest BCUT2D eigenvalue weighted by Crippen LogP contribution is 2.35. The van der Waals surface area contributed by atoms with Crippen LogP contribution in [0.1, 0.15) is 37.2 Å². The van der Waals surface area contributed by atoms with Gasteiger partial charge in [0.05, 0.1) is 0 Å². The van der Waals surface area contributed by atoms with Crippen molar-refractivity contribution >= 4 is 19.3 Å². The second-order valence-corrected chi connectivity index (χ2v) is 5.22. The molecule has 1 atom stereocenters. The Balaban J connectivity index is 0.00000147. The number of rotatable bonds is 2. The summed E-state index contributed by atoms with van der Waals surface area (Å²) in [5.74, 6) is 0.514. The van der Waals surface area contributed by atoms with E-state index in [4.69, 9.17) is 0 Å². The Labute approximate surface area is 127 Å². The van der Waals surface area contributed by atoms with E-state index >= 15 is 0 Å². The molecule has 0 amide bonds. The van der Waals surface area contributed by atoms with Crippen LogP contribution in [0, 0.1) is 0 Å². The molecule has 1 nitrogen and oxygen atoms in total. The van der Waals surface area contributed by atoms with Crippen molar-refractivity contribution in [3.63, 3.8) is 0 Å². The van der Waals surface area contributed by atoms with E-state index in [9.17, 15) is 4.79 Å². The van der Waals surface area contributed by atoms with Gasteiger partial charge in [0.15, 0.2) is 0 Å². The van der Waals surface area contributed by atoms with Crippen molar-refractivity contribution < 1.29 is 4.79 Å². The minimum absolute atomic E-state index is 0. The van der Waals surface area contributed by atoms with E-state index in [1.165, 1.54) is 23.1 Å². The molecule has 0 radical (unpaired) electrons. The summed E-state index contributed by atoms with van der Waals surface area (Å²) in [6.45, 7) is 0. The zero-order valence-electron chi connectivity index (χ0n) is 11.5. The second kappa shape index (κ2) is 6.76. The molecule has 20 heavy (non-hydrogen) atoms. The lowest BCUT2D eigenvalue weighted by Crippen LogP contribution is -2.17. The van der Waals surface area contributed by atoms with Crippen molar-refractivity contribution in [1.82, 2.24) is 0 Å². The lowest BCUT2D eigenvalue weighted by Gasteiger charge is -2.23. The van der Waals surface area contributed by atoms with E-state index < -0.39 is 0 Å². The van der Waals surface area contributed by atoms with Crippen LogP contribution in [0.2, 0.25) is 0 Å². The van der Waals surface area contributed by atoms with Gasteiger partial charge in [0, 0.05) is 12.3 Å². The van der Waals surface area contributed by atoms with Crippen molar-refractivity contribution in [2.75, 3.05) is 0 Å². The molecule has 2 aromatic carbocycles. The Morgan fingerprint density at radius 3 is 2.30 bits per heavy atom. The fraction of sp³-hybridized carbons (Fsp3) is 0.278. The summed E-state index contributed by atoms with van der Waals surface area (Å²) in [6, 6.07) is 18.7. The van der Waals surface area contributed by atoms with E-state index in [1.54, 1.807) is 0 Å². The van der Waals surface area contributed by atoms with Crippen molar-refractivity contribution in [2.45, 2.75) is 31.6 Å². The van der Waals surface area contributed by atoms with Gasteiger partial charge in [-0.3, -0.25) is 4.79 Å². The Kier molecular flexibility index (Phi) is 5.02. The largest absolute Gasteiger partial charge is 0.299 e. The van der Waals surface area contributed by atoms with Gasteiger partial charge in [-0.1, -0.05) is 61.0 Å². The first-order valence-electron chi connectivity index (χ1n) is 7.03. The SMILES string of the molecule is O=C1CCCCC1c1ccccc1-c1ccccc1.S. The molecule has 0 N–H and O–H groups in total. The van der Waals surface area contributed by atoms with Crippen LogP contribution in [0.15, 0.2) is 54.6 Å². The molecular formula is C18H20OS. The predicted octanol–water partition coefficient (Wildman–Crippen LogP) is 4.69.